The van der Waals surface area contributed by atoms with Crippen LogP contribution in [0.15, 0.2) is 36.9 Å². The lowest BCUT2D eigenvalue weighted by atomic mass is 9.67. The monoisotopic (exact) mass is 354 g/mol. The van der Waals surface area contributed by atoms with Gasteiger partial charge in [-0.2, -0.15) is 0 Å². The smallest absolute Gasteiger partial charge is 0.310 e. The van der Waals surface area contributed by atoms with Crippen molar-refractivity contribution in [1.29, 1.82) is 0 Å². The second kappa shape index (κ2) is 8.88. The van der Waals surface area contributed by atoms with E-state index in [2.05, 4.69) is 37.8 Å². The number of aliphatic carboxylic acids is 1. The zero-order chi connectivity index (χ0) is 18.5. The van der Waals surface area contributed by atoms with Crippen LogP contribution < -0.4 is 0 Å². The Bertz CT molecular complexity index is 587. The molecule has 0 radical (unpaired) electrons. The summed E-state index contributed by atoms with van der Waals surface area (Å²) < 4.78 is 0. The van der Waals surface area contributed by atoms with Crippen LogP contribution >= 0.6 is 0 Å². The van der Waals surface area contributed by atoms with Crippen molar-refractivity contribution in [2.24, 2.45) is 23.7 Å². The average Bonchev–Trinajstić information content (AvgIpc) is 2.69. The van der Waals surface area contributed by atoms with E-state index in [1.807, 2.05) is 0 Å². The Morgan fingerprint density at radius 1 is 1.04 bits per heavy atom. The maximum absolute atomic E-state index is 11.4. The fourth-order valence-corrected chi connectivity index (χ4v) is 5.42. The van der Waals surface area contributed by atoms with Gasteiger partial charge < -0.3 is 5.11 Å². The van der Waals surface area contributed by atoms with Gasteiger partial charge in [0, 0.05) is 0 Å². The van der Waals surface area contributed by atoms with Gasteiger partial charge in [-0.15, -0.1) is 6.58 Å². The molecule has 2 aliphatic rings. The van der Waals surface area contributed by atoms with Crippen molar-refractivity contribution in [3.63, 3.8) is 0 Å². The summed E-state index contributed by atoms with van der Waals surface area (Å²) in [6.07, 6.45) is 12.6. The fraction of sp³-hybridized carbons (Fsp3) is 0.625. The number of aryl methyl sites for hydroxylation is 1. The van der Waals surface area contributed by atoms with Crippen molar-refractivity contribution >= 4 is 5.97 Å². The van der Waals surface area contributed by atoms with Gasteiger partial charge in [0.25, 0.3) is 0 Å². The summed E-state index contributed by atoms with van der Waals surface area (Å²) in [5.74, 6) is 1.67. The van der Waals surface area contributed by atoms with Gasteiger partial charge >= 0.3 is 5.97 Å². The molecule has 1 unspecified atom stereocenters. The summed E-state index contributed by atoms with van der Waals surface area (Å²) in [5.41, 5.74) is 2.96. The molecule has 1 aromatic rings. The van der Waals surface area contributed by atoms with Crippen LogP contribution in [-0.2, 0) is 11.2 Å². The number of rotatable bonds is 6. The predicted octanol–water partition coefficient (Wildman–Crippen LogP) is 6.22. The molecule has 2 nitrogen and oxygen atoms in total. The average molecular weight is 355 g/mol. The summed E-state index contributed by atoms with van der Waals surface area (Å²) in [6, 6.07) is 9.27. The summed E-state index contributed by atoms with van der Waals surface area (Å²) in [7, 11) is 0. The molecule has 142 valence electrons. The Labute approximate surface area is 158 Å². The van der Waals surface area contributed by atoms with E-state index in [1.165, 1.54) is 49.7 Å². The predicted molar refractivity (Wildman–Crippen MR) is 107 cm³/mol. The van der Waals surface area contributed by atoms with E-state index in [0.717, 1.165) is 37.0 Å². The molecule has 26 heavy (non-hydrogen) atoms. The van der Waals surface area contributed by atoms with Gasteiger partial charge in [-0.05, 0) is 92.6 Å². The van der Waals surface area contributed by atoms with Crippen LogP contribution in [0.2, 0.25) is 0 Å². The summed E-state index contributed by atoms with van der Waals surface area (Å²) in [4.78, 5) is 11.4. The zero-order valence-electron chi connectivity index (χ0n) is 16.2. The lowest BCUT2D eigenvalue weighted by Gasteiger charge is -2.38. The molecule has 0 amide bonds. The van der Waals surface area contributed by atoms with Crippen LogP contribution in [0, 0.1) is 23.7 Å². The van der Waals surface area contributed by atoms with E-state index in [0.29, 0.717) is 5.92 Å². The Morgan fingerprint density at radius 2 is 1.58 bits per heavy atom. The standard InChI is InChI=1S/C24H34O2/c1-3-17-5-7-18(8-6-17)19-9-11-20(12-10-19)21-13-15-22(16-14-21)23(4-2)24(25)26/h4-8,19-23H,2-3,9-16H2,1H3,(H,25,26)/t19-,20-,21?,22?,23?. The molecule has 0 aromatic heterocycles. The van der Waals surface area contributed by atoms with E-state index >= 15 is 0 Å². The Morgan fingerprint density at radius 3 is 2.04 bits per heavy atom. The molecule has 0 bridgehead atoms. The van der Waals surface area contributed by atoms with Crippen molar-refractivity contribution < 1.29 is 9.90 Å². The van der Waals surface area contributed by atoms with Crippen molar-refractivity contribution in [1.82, 2.24) is 0 Å². The van der Waals surface area contributed by atoms with Gasteiger partial charge in [0.05, 0.1) is 5.92 Å². The highest BCUT2D eigenvalue weighted by molar-refractivity contribution is 5.72. The first-order valence-corrected chi connectivity index (χ1v) is 10.6. The quantitative estimate of drug-likeness (QED) is 0.616. The molecule has 2 saturated carbocycles. The van der Waals surface area contributed by atoms with E-state index in [4.69, 9.17) is 0 Å². The number of carbonyl (C=O) groups is 1. The lowest BCUT2D eigenvalue weighted by Crippen LogP contribution is -2.30. The number of benzene rings is 1. The van der Waals surface area contributed by atoms with Crippen LogP contribution in [-0.4, -0.2) is 11.1 Å². The van der Waals surface area contributed by atoms with Crippen LogP contribution in [0.1, 0.15) is 75.3 Å². The third kappa shape index (κ3) is 4.39. The number of carboxylic acid groups (broad SMARTS) is 1. The van der Waals surface area contributed by atoms with Crippen molar-refractivity contribution in [2.75, 3.05) is 0 Å². The molecule has 2 aliphatic carbocycles. The number of hydrogen-bond acceptors (Lipinski definition) is 1. The molecule has 1 atom stereocenters. The number of hydrogen-bond donors (Lipinski definition) is 1. The molecular formula is C24H34O2. The minimum Gasteiger partial charge on any atom is -0.481 e. The maximum Gasteiger partial charge on any atom is 0.310 e. The van der Waals surface area contributed by atoms with Crippen molar-refractivity contribution in [3.05, 3.63) is 48.0 Å². The normalized spacial score (nSPS) is 30.5. The Hall–Kier alpha value is -1.57. The Kier molecular flexibility index (Phi) is 6.56. The van der Waals surface area contributed by atoms with E-state index in [-0.39, 0.29) is 5.92 Å². The largest absolute Gasteiger partial charge is 0.481 e. The Balaban J connectivity index is 1.48. The molecule has 3 rings (SSSR count). The van der Waals surface area contributed by atoms with Crippen LogP contribution in [0.4, 0.5) is 0 Å². The highest BCUT2D eigenvalue weighted by Crippen LogP contribution is 2.45. The third-order valence-corrected chi connectivity index (χ3v) is 7.16. The first-order chi connectivity index (χ1) is 12.6. The third-order valence-electron chi connectivity index (χ3n) is 7.16. The highest BCUT2D eigenvalue weighted by Gasteiger charge is 2.34. The summed E-state index contributed by atoms with van der Waals surface area (Å²) in [5, 5.41) is 9.34. The maximum atomic E-state index is 11.4. The molecule has 0 aliphatic heterocycles. The fourth-order valence-electron chi connectivity index (χ4n) is 5.42. The lowest BCUT2D eigenvalue weighted by molar-refractivity contribution is -0.142. The number of carboxylic acids is 1. The second-order valence-corrected chi connectivity index (χ2v) is 8.48. The zero-order valence-corrected chi connectivity index (χ0v) is 16.2. The summed E-state index contributed by atoms with van der Waals surface area (Å²) >= 11 is 0. The highest BCUT2D eigenvalue weighted by atomic mass is 16.4. The molecule has 0 heterocycles. The van der Waals surface area contributed by atoms with Gasteiger partial charge in [-0.1, -0.05) is 37.3 Å². The van der Waals surface area contributed by atoms with Gasteiger partial charge in [-0.3, -0.25) is 4.79 Å². The first-order valence-electron chi connectivity index (χ1n) is 10.6. The van der Waals surface area contributed by atoms with E-state index in [9.17, 15) is 9.90 Å². The summed E-state index contributed by atoms with van der Waals surface area (Å²) in [6.45, 7) is 5.94. The van der Waals surface area contributed by atoms with Gasteiger partial charge in [-0.25, -0.2) is 0 Å². The molecule has 1 aromatic carbocycles. The van der Waals surface area contributed by atoms with Gasteiger partial charge in [0.2, 0.25) is 0 Å². The van der Waals surface area contributed by atoms with Crippen LogP contribution in [0.5, 0.6) is 0 Å². The first kappa shape index (κ1) is 19.2. The van der Waals surface area contributed by atoms with Gasteiger partial charge in [0.1, 0.15) is 0 Å². The van der Waals surface area contributed by atoms with Crippen LogP contribution in [0.3, 0.4) is 0 Å². The topological polar surface area (TPSA) is 37.3 Å². The van der Waals surface area contributed by atoms with E-state index in [1.54, 1.807) is 6.08 Å². The van der Waals surface area contributed by atoms with Crippen molar-refractivity contribution in [3.8, 4) is 0 Å². The molecule has 0 spiro atoms. The minimum absolute atomic E-state index is 0.301. The molecule has 1 N–H and O–H groups in total. The molecule has 0 saturated heterocycles. The minimum atomic E-state index is -0.696. The SMILES string of the molecule is C=CC(C(=O)O)C1CCC([C@H]2CC[C@H](c3ccc(CC)cc3)CC2)CC1. The molecular weight excluding hydrogens is 320 g/mol. The van der Waals surface area contributed by atoms with E-state index < -0.39 is 5.97 Å². The molecule has 2 heteroatoms. The van der Waals surface area contributed by atoms with Crippen molar-refractivity contribution in [2.45, 2.75) is 70.6 Å². The molecule has 2 fully saturated rings. The van der Waals surface area contributed by atoms with Gasteiger partial charge in [0.15, 0.2) is 0 Å². The van der Waals surface area contributed by atoms with Crippen LogP contribution in [0.25, 0.3) is 0 Å². The second-order valence-electron chi connectivity index (χ2n) is 8.48.